The summed E-state index contributed by atoms with van der Waals surface area (Å²) < 4.78 is 0. The molecule has 100 valence electrons. The van der Waals surface area contributed by atoms with Crippen molar-refractivity contribution in [1.82, 2.24) is 4.98 Å². The molecule has 1 aromatic heterocycles. The molecule has 0 amide bonds. The van der Waals surface area contributed by atoms with Gasteiger partial charge in [-0.15, -0.1) is 0 Å². The predicted molar refractivity (Wildman–Crippen MR) is 75.3 cm³/mol. The van der Waals surface area contributed by atoms with Crippen LogP contribution in [0, 0.1) is 17.8 Å². The predicted octanol–water partition coefficient (Wildman–Crippen LogP) is 3.16. The molecule has 0 spiro atoms. The number of rotatable bonds is 4. The van der Waals surface area contributed by atoms with Crippen molar-refractivity contribution in [2.24, 2.45) is 17.8 Å². The molecule has 2 saturated carbocycles. The third-order valence-electron chi connectivity index (χ3n) is 4.50. The molecule has 2 bridgehead atoms. The Hall–Kier alpha value is -0.320. The van der Waals surface area contributed by atoms with E-state index in [-0.39, 0.29) is 6.61 Å². The van der Waals surface area contributed by atoms with Gasteiger partial charge in [-0.05, 0) is 37.0 Å². The molecule has 0 aliphatic heterocycles. The highest BCUT2D eigenvalue weighted by Crippen LogP contribution is 2.48. The van der Waals surface area contributed by atoms with Crippen molar-refractivity contribution in [2.75, 3.05) is 18.5 Å². The maximum absolute atomic E-state index is 9.15. The van der Waals surface area contributed by atoms with Gasteiger partial charge in [0.05, 0.1) is 11.5 Å². The zero-order valence-electron chi connectivity index (χ0n) is 10.6. The molecule has 0 saturated heterocycles. The number of aliphatic hydroxyl groups excluding tert-OH is 1. The van der Waals surface area contributed by atoms with Crippen LogP contribution in [0.2, 0.25) is 5.15 Å². The van der Waals surface area contributed by atoms with Gasteiger partial charge >= 0.3 is 0 Å². The lowest BCUT2D eigenvalue weighted by atomic mass is 9.88. The van der Waals surface area contributed by atoms with Gasteiger partial charge in [0.15, 0.2) is 5.13 Å². The number of fused-ring (bicyclic) bond motifs is 2. The summed E-state index contributed by atoms with van der Waals surface area (Å²) in [6, 6.07) is 0. The largest absolute Gasteiger partial charge is 0.391 e. The van der Waals surface area contributed by atoms with E-state index in [1.165, 1.54) is 37.0 Å². The van der Waals surface area contributed by atoms with Crippen LogP contribution in [-0.2, 0) is 6.61 Å². The van der Waals surface area contributed by atoms with Crippen LogP contribution in [0.15, 0.2) is 0 Å². The Morgan fingerprint density at radius 2 is 2.28 bits per heavy atom. The van der Waals surface area contributed by atoms with Crippen LogP contribution in [0.5, 0.6) is 0 Å². The Bertz CT molecular complexity index is 437. The smallest absolute Gasteiger partial charge is 0.186 e. The van der Waals surface area contributed by atoms with Gasteiger partial charge in [0.25, 0.3) is 0 Å². The molecule has 0 radical (unpaired) electrons. The molecule has 18 heavy (non-hydrogen) atoms. The van der Waals surface area contributed by atoms with E-state index in [2.05, 4.69) is 16.9 Å². The molecule has 3 atom stereocenters. The number of hydrogen-bond donors (Lipinski definition) is 1. The van der Waals surface area contributed by atoms with Crippen molar-refractivity contribution in [1.29, 1.82) is 0 Å². The molecular formula is C13H19ClN2OS. The highest BCUT2D eigenvalue weighted by molar-refractivity contribution is 7.16. The molecule has 3 nitrogen and oxygen atoms in total. The monoisotopic (exact) mass is 286 g/mol. The van der Waals surface area contributed by atoms with Gasteiger partial charge in [-0.1, -0.05) is 29.4 Å². The second-order valence-corrected chi connectivity index (χ2v) is 7.10. The maximum Gasteiger partial charge on any atom is 0.186 e. The van der Waals surface area contributed by atoms with Gasteiger partial charge in [0, 0.05) is 13.6 Å². The lowest BCUT2D eigenvalue weighted by Crippen LogP contribution is -2.28. The van der Waals surface area contributed by atoms with E-state index in [1.54, 1.807) is 0 Å². The quantitative estimate of drug-likeness (QED) is 0.924. The summed E-state index contributed by atoms with van der Waals surface area (Å²) in [5.41, 5.74) is 0. The number of anilines is 1. The first-order valence-corrected chi connectivity index (χ1v) is 7.84. The third kappa shape index (κ3) is 2.26. The average molecular weight is 287 g/mol. The topological polar surface area (TPSA) is 36.4 Å². The van der Waals surface area contributed by atoms with E-state index in [1.807, 2.05) is 0 Å². The Kier molecular flexibility index (Phi) is 3.52. The number of nitrogens with zero attached hydrogens (tertiary/aromatic N) is 2. The average Bonchev–Trinajstić information content (AvgIpc) is 3.03. The zero-order valence-corrected chi connectivity index (χ0v) is 12.2. The second-order valence-electron chi connectivity index (χ2n) is 5.68. The van der Waals surface area contributed by atoms with Crippen LogP contribution >= 0.6 is 22.9 Å². The summed E-state index contributed by atoms with van der Waals surface area (Å²) in [7, 11) is 2.09. The van der Waals surface area contributed by atoms with Crippen LogP contribution in [-0.4, -0.2) is 23.7 Å². The lowest BCUT2D eigenvalue weighted by molar-refractivity contribution is 0.285. The molecule has 1 N–H and O–H groups in total. The number of aromatic nitrogens is 1. The first-order valence-electron chi connectivity index (χ1n) is 6.64. The third-order valence-corrected chi connectivity index (χ3v) is 6.08. The number of thiazole rings is 1. The molecule has 3 unspecified atom stereocenters. The van der Waals surface area contributed by atoms with Crippen LogP contribution in [0.4, 0.5) is 5.13 Å². The molecule has 5 heteroatoms. The zero-order chi connectivity index (χ0) is 12.7. The minimum atomic E-state index is -0.0154. The Balaban J connectivity index is 1.65. The first-order chi connectivity index (χ1) is 8.67. The van der Waals surface area contributed by atoms with Crippen molar-refractivity contribution in [2.45, 2.75) is 32.3 Å². The fraction of sp³-hybridized carbons (Fsp3) is 0.769. The minimum absolute atomic E-state index is 0.0154. The Morgan fingerprint density at radius 1 is 1.44 bits per heavy atom. The van der Waals surface area contributed by atoms with Gasteiger partial charge in [-0.3, -0.25) is 0 Å². The molecule has 2 fully saturated rings. The van der Waals surface area contributed by atoms with Gasteiger partial charge < -0.3 is 10.0 Å². The van der Waals surface area contributed by atoms with E-state index < -0.39 is 0 Å². The highest BCUT2D eigenvalue weighted by atomic mass is 35.5. The SMILES string of the molecule is CN(CC1CC2CCC1C2)c1nc(Cl)c(CO)s1. The highest BCUT2D eigenvalue weighted by Gasteiger charge is 2.39. The lowest BCUT2D eigenvalue weighted by Gasteiger charge is -2.26. The minimum Gasteiger partial charge on any atom is -0.391 e. The van der Waals surface area contributed by atoms with Gasteiger partial charge in [-0.2, -0.15) is 0 Å². The van der Waals surface area contributed by atoms with E-state index >= 15 is 0 Å². The van der Waals surface area contributed by atoms with Crippen molar-refractivity contribution < 1.29 is 5.11 Å². The van der Waals surface area contributed by atoms with Crippen molar-refractivity contribution >= 4 is 28.1 Å². The Morgan fingerprint density at radius 3 is 2.83 bits per heavy atom. The van der Waals surface area contributed by atoms with Gasteiger partial charge in [-0.25, -0.2) is 4.98 Å². The van der Waals surface area contributed by atoms with Crippen molar-refractivity contribution in [3.05, 3.63) is 10.0 Å². The van der Waals surface area contributed by atoms with E-state index in [0.29, 0.717) is 5.15 Å². The summed E-state index contributed by atoms with van der Waals surface area (Å²) >= 11 is 7.49. The van der Waals surface area contributed by atoms with Gasteiger partial charge in [0.2, 0.25) is 0 Å². The van der Waals surface area contributed by atoms with Crippen molar-refractivity contribution in [3.8, 4) is 0 Å². The molecular weight excluding hydrogens is 268 g/mol. The number of aliphatic hydroxyl groups is 1. The molecule has 3 rings (SSSR count). The van der Waals surface area contributed by atoms with E-state index in [9.17, 15) is 0 Å². The Labute approximate surface area is 117 Å². The maximum atomic E-state index is 9.15. The van der Waals surface area contributed by atoms with E-state index in [4.69, 9.17) is 16.7 Å². The number of hydrogen-bond acceptors (Lipinski definition) is 4. The summed E-state index contributed by atoms with van der Waals surface area (Å²) in [6.07, 6.45) is 5.70. The normalized spacial score (nSPS) is 30.1. The summed E-state index contributed by atoms with van der Waals surface area (Å²) in [6.45, 7) is 1.06. The second kappa shape index (κ2) is 4.99. The van der Waals surface area contributed by atoms with Gasteiger partial charge in [0.1, 0.15) is 5.15 Å². The molecule has 2 aliphatic carbocycles. The fourth-order valence-electron chi connectivity index (χ4n) is 3.61. The fourth-order valence-corrected chi connectivity index (χ4v) is 4.70. The summed E-state index contributed by atoms with van der Waals surface area (Å²) in [5.74, 6) is 2.75. The van der Waals surface area contributed by atoms with E-state index in [0.717, 1.165) is 34.3 Å². The number of halogens is 1. The van der Waals surface area contributed by atoms with Crippen LogP contribution in [0.1, 0.15) is 30.6 Å². The molecule has 0 aromatic carbocycles. The summed E-state index contributed by atoms with van der Waals surface area (Å²) in [5, 5.41) is 10.5. The first kappa shape index (κ1) is 12.7. The van der Waals surface area contributed by atoms with Crippen molar-refractivity contribution in [3.63, 3.8) is 0 Å². The van der Waals surface area contributed by atoms with Crippen LogP contribution in [0.25, 0.3) is 0 Å². The molecule has 1 aromatic rings. The standard InChI is InChI=1S/C13H19ClN2OS/c1-16(13-15-12(14)11(7-17)18-13)6-10-5-8-2-3-9(10)4-8/h8-10,17H,2-7H2,1H3. The van der Waals surface area contributed by atoms with Crippen LogP contribution < -0.4 is 4.90 Å². The summed E-state index contributed by atoms with van der Waals surface area (Å²) in [4.78, 5) is 7.31. The van der Waals surface area contributed by atoms with Crippen LogP contribution in [0.3, 0.4) is 0 Å². The molecule has 2 aliphatic rings. The molecule has 1 heterocycles.